The van der Waals surface area contributed by atoms with Crippen LogP contribution in [0, 0.1) is 40.4 Å². The van der Waals surface area contributed by atoms with Crippen molar-refractivity contribution in [2.75, 3.05) is 0 Å². The van der Waals surface area contributed by atoms with Gasteiger partial charge in [-0.1, -0.05) is 20.8 Å². The zero-order valence-electron chi connectivity index (χ0n) is 20.9. The molecule has 0 spiro atoms. The molecule has 0 unspecified atom stereocenters. The first-order valence-electron chi connectivity index (χ1n) is 13.2. The fourth-order valence-electron chi connectivity index (χ4n) is 8.67. The van der Waals surface area contributed by atoms with Crippen LogP contribution in [0.5, 0.6) is 0 Å². The molecule has 1 aromatic rings. The maximum atomic E-state index is 13.3. The quantitative estimate of drug-likeness (QED) is 0.732. The number of hydrogen-bond donors (Lipinski definition) is 1. The van der Waals surface area contributed by atoms with Gasteiger partial charge in [-0.3, -0.25) is 4.79 Å². The Bertz CT molecular complexity index is 868. The minimum atomic E-state index is -1.55. The topological polar surface area (TPSA) is 55.1 Å². The van der Waals surface area contributed by atoms with Crippen LogP contribution >= 0.6 is 0 Å². The summed E-state index contributed by atoms with van der Waals surface area (Å²) in [5.41, 5.74) is -0.885. The van der Waals surface area contributed by atoms with Crippen LogP contribution in [0.25, 0.3) is 0 Å². The van der Waals surface area contributed by atoms with Crippen LogP contribution in [0.4, 0.5) is 0 Å². The minimum Gasteiger partial charge on any atom is -0.390 e. The summed E-state index contributed by atoms with van der Waals surface area (Å²) in [4.78, 5) is 17.4. The number of imidazole rings is 1. The standard InChI is InChI=1S/C26H40N2O2/c1-4-26(30)12-11-24(2)18(15-26)5-6-19-20-7-8-22(25(20,3)10-9-21(19)24)23(29)16-28-14-13-27-17-28/h13-14,17-22,30H,4-12,15-16H2,1-3H3/t18-,19-,20-,21-,22+,24-,25-,26+/m0/s1/i4D2. The Hall–Kier alpha value is -1.16. The molecular weight excluding hydrogens is 372 g/mol. The number of carbonyl (C=O) groups excluding carboxylic acids is 1. The predicted octanol–water partition coefficient (Wildman–Crippen LogP) is 5.25. The molecule has 4 aliphatic rings. The number of rotatable bonds is 4. The molecule has 1 aromatic heterocycles. The Morgan fingerprint density at radius 1 is 1.13 bits per heavy atom. The highest BCUT2D eigenvalue weighted by molar-refractivity contribution is 5.82. The van der Waals surface area contributed by atoms with E-state index in [-0.39, 0.29) is 16.7 Å². The van der Waals surface area contributed by atoms with Crippen LogP contribution in [-0.2, 0) is 11.3 Å². The number of fused-ring (bicyclic) bond motifs is 5. The lowest BCUT2D eigenvalue weighted by molar-refractivity contribution is -0.154. The van der Waals surface area contributed by atoms with Gasteiger partial charge in [0, 0.05) is 21.1 Å². The summed E-state index contributed by atoms with van der Waals surface area (Å²) in [6.45, 7) is 6.83. The molecule has 30 heavy (non-hydrogen) atoms. The number of aliphatic hydroxyl groups is 1. The van der Waals surface area contributed by atoms with Gasteiger partial charge in [0.1, 0.15) is 0 Å². The van der Waals surface area contributed by atoms with Crippen LogP contribution < -0.4 is 0 Å². The Balaban J connectivity index is 1.34. The Morgan fingerprint density at radius 2 is 1.93 bits per heavy atom. The van der Waals surface area contributed by atoms with Crippen LogP contribution in [0.2, 0.25) is 0 Å². The van der Waals surface area contributed by atoms with E-state index in [4.69, 9.17) is 2.74 Å². The summed E-state index contributed by atoms with van der Waals surface area (Å²) in [7, 11) is 0. The van der Waals surface area contributed by atoms with Gasteiger partial charge in [0.2, 0.25) is 0 Å². The molecule has 4 aliphatic carbocycles. The van der Waals surface area contributed by atoms with Crippen molar-refractivity contribution in [3.05, 3.63) is 18.7 Å². The summed E-state index contributed by atoms with van der Waals surface area (Å²) < 4.78 is 18.3. The molecule has 8 atom stereocenters. The summed E-state index contributed by atoms with van der Waals surface area (Å²) in [6.07, 6.45) is 12.7. The van der Waals surface area contributed by atoms with Gasteiger partial charge in [-0.2, -0.15) is 0 Å². The second-order valence-corrected chi connectivity index (χ2v) is 11.5. The third-order valence-electron chi connectivity index (χ3n) is 10.5. The Morgan fingerprint density at radius 3 is 2.67 bits per heavy atom. The molecular formula is C26H40N2O2. The van der Waals surface area contributed by atoms with Crippen LogP contribution in [-0.4, -0.2) is 26.0 Å². The Labute approximate surface area is 184 Å². The van der Waals surface area contributed by atoms with E-state index in [2.05, 4.69) is 18.8 Å². The third kappa shape index (κ3) is 3.04. The molecule has 1 N–H and O–H groups in total. The second kappa shape index (κ2) is 7.18. The molecule has 4 fully saturated rings. The predicted molar refractivity (Wildman–Crippen MR) is 118 cm³/mol. The highest BCUT2D eigenvalue weighted by Gasteiger charge is 2.61. The average molecular weight is 415 g/mol. The van der Waals surface area contributed by atoms with E-state index in [0.29, 0.717) is 48.8 Å². The van der Waals surface area contributed by atoms with Gasteiger partial charge in [-0.15, -0.1) is 0 Å². The molecule has 0 aliphatic heterocycles. The van der Waals surface area contributed by atoms with E-state index in [1.54, 1.807) is 19.4 Å². The Kier molecular flexibility index (Phi) is 4.41. The van der Waals surface area contributed by atoms with Crippen molar-refractivity contribution in [1.82, 2.24) is 9.55 Å². The number of ketones is 1. The van der Waals surface area contributed by atoms with E-state index in [0.717, 1.165) is 25.7 Å². The molecule has 5 rings (SSSR count). The maximum absolute atomic E-state index is 13.3. The van der Waals surface area contributed by atoms with Gasteiger partial charge >= 0.3 is 0 Å². The lowest BCUT2D eigenvalue weighted by Gasteiger charge is -2.62. The van der Waals surface area contributed by atoms with Gasteiger partial charge in [0.15, 0.2) is 5.78 Å². The first-order chi connectivity index (χ1) is 15.0. The molecule has 4 saturated carbocycles. The van der Waals surface area contributed by atoms with Crippen molar-refractivity contribution < 1.29 is 12.6 Å². The number of hydrogen-bond acceptors (Lipinski definition) is 3. The lowest BCUT2D eigenvalue weighted by Crippen LogP contribution is -2.56. The second-order valence-electron chi connectivity index (χ2n) is 11.5. The molecule has 166 valence electrons. The van der Waals surface area contributed by atoms with Crippen LogP contribution in [0.3, 0.4) is 0 Å². The maximum Gasteiger partial charge on any atom is 0.156 e. The summed E-state index contributed by atoms with van der Waals surface area (Å²) >= 11 is 0. The third-order valence-corrected chi connectivity index (χ3v) is 10.5. The molecule has 0 amide bonds. The molecule has 1 heterocycles. The zero-order valence-corrected chi connectivity index (χ0v) is 18.9. The molecule has 0 saturated heterocycles. The fraction of sp³-hybridized carbons (Fsp3) is 0.846. The highest BCUT2D eigenvalue weighted by atomic mass is 16.3. The van der Waals surface area contributed by atoms with Crippen LogP contribution in [0.1, 0.15) is 87.7 Å². The lowest BCUT2D eigenvalue weighted by atomic mass is 9.43. The fourth-order valence-corrected chi connectivity index (χ4v) is 8.67. The smallest absolute Gasteiger partial charge is 0.156 e. The number of carbonyl (C=O) groups is 1. The molecule has 4 nitrogen and oxygen atoms in total. The van der Waals surface area contributed by atoms with Crippen molar-refractivity contribution >= 4 is 5.78 Å². The van der Waals surface area contributed by atoms with E-state index >= 15 is 0 Å². The first kappa shape index (κ1) is 18.4. The van der Waals surface area contributed by atoms with E-state index in [1.165, 1.54) is 19.3 Å². The van der Waals surface area contributed by atoms with Crippen molar-refractivity contribution in [1.29, 1.82) is 0 Å². The monoisotopic (exact) mass is 414 g/mol. The molecule has 0 bridgehead atoms. The molecule has 0 radical (unpaired) electrons. The van der Waals surface area contributed by atoms with Crippen molar-refractivity contribution in [3.8, 4) is 0 Å². The van der Waals surface area contributed by atoms with Crippen LogP contribution in [0.15, 0.2) is 18.7 Å². The zero-order chi connectivity index (χ0) is 22.9. The molecule has 0 aromatic carbocycles. The van der Waals surface area contributed by atoms with Crippen molar-refractivity contribution in [2.45, 2.75) is 97.1 Å². The van der Waals surface area contributed by atoms with Gasteiger partial charge < -0.3 is 9.67 Å². The highest BCUT2D eigenvalue weighted by Crippen LogP contribution is 2.68. The molecule has 4 heteroatoms. The van der Waals surface area contributed by atoms with Gasteiger partial charge in [-0.25, -0.2) is 4.98 Å². The number of nitrogens with zero attached hydrogens (tertiary/aromatic N) is 2. The SMILES string of the molecule is [2H]C([2H])(C)[C@@]1(O)CC[C@@]2(C)[C@@H](CC[C@@H]3[C@@H]2CC[C@]2(C)[C@@H](C(=O)Cn4ccnc4)CC[C@@H]32)C1. The largest absolute Gasteiger partial charge is 0.390 e. The summed E-state index contributed by atoms with van der Waals surface area (Å²) in [5, 5.41) is 11.1. The number of Topliss-reactive ketones (excluding diaryl/α,β-unsaturated/α-hetero) is 1. The van der Waals surface area contributed by atoms with Gasteiger partial charge in [0.05, 0.1) is 18.5 Å². The normalized spacial score (nSPS) is 49.4. The van der Waals surface area contributed by atoms with Crippen molar-refractivity contribution in [2.24, 2.45) is 40.4 Å². The van der Waals surface area contributed by atoms with Crippen molar-refractivity contribution in [3.63, 3.8) is 0 Å². The summed E-state index contributed by atoms with van der Waals surface area (Å²) in [5.74, 6) is 2.88. The minimum absolute atomic E-state index is 0.109. The number of aromatic nitrogens is 2. The summed E-state index contributed by atoms with van der Waals surface area (Å²) in [6, 6.07) is 0. The first-order valence-corrected chi connectivity index (χ1v) is 12.2. The van der Waals surface area contributed by atoms with E-state index in [9.17, 15) is 9.90 Å². The van der Waals surface area contributed by atoms with Gasteiger partial charge in [0.25, 0.3) is 0 Å². The van der Waals surface area contributed by atoms with Gasteiger partial charge in [-0.05, 0) is 98.7 Å². The van der Waals surface area contributed by atoms with E-state index < -0.39 is 12.0 Å². The van der Waals surface area contributed by atoms with E-state index in [1.807, 2.05) is 10.8 Å². The average Bonchev–Trinajstić information content (AvgIpc) is 3.34.